The van der Waals surface area contributed by atoms with E-state index in [9.17, 15) is 4.39 Å². The summed E-state index contributed by atoms with van der Waals surface area (Å²) >= 11 is 0.129. The first kappa shape index (κ1) is 8.97. The van der Waals surface area contributed by atoms with Gasteiger partial charge in [-0.3, -0.25) is 0 Å². The second kappa shape index (κ2) is 4.04. The summed E-state index contributed by atoms with van der Waals surface area (Å²) in [5.74, 6) is -0.119. The summed E-state index contributed by atoms with van der Waals surface area (Å²) in [4.78, 5) is 0. The zero-order valence-corrected chi connectivity index (χ0v) is 8.85. The van der Waals surface area contributed by atoms with Crippen LogP contribution in [0.1, 0.15) is 12.5 Å². The molecule has 0 aromatic heterocycles. The van der Waals surface area contributed by atoms with Crippen molar-refractivity contribution in [3.8, 4) is 0 Å². The Kier molecular flexibility index (Phi) is 3.30. The van der Waals surface area contributed by atoms with Crippen LogP contribution in [0.4, 0.5) is 4.39 Å². The number of hydrogen-bond acceptors (Lipinski definition) is 0. The minimum absolute atomic E-state index is 0.119. The monoisotopic (exact) mass is 265 g/mol. The summed E-state index contributed by atoms with van der Waals surface area (Å²) in [5.41, 5.74) is 1.11. The summed E-state index contributed by atoms with van der Waals surface area (Å²) in [6, 6.07) is 5.09. The molecule has 2 heteroatoms. The van der Waals surface area contributed by atoms with Gasteiger partial charge >= 0.3 is 77.0 Å². The van der Waals surface area contributed by atoms with Gasteiger partial charge in [0.2, 0.25) is 0 Å². The third-order valence-corrected chi connectivity index (χ3v) is 4.19. The topological polar surface area (TPSA) is 0 Å². The molecule has 0 heterocycles. The molecule has 0 aliphatic rings. The molecule has 1 aromatic rings. The van der Waals surface area contributed by atoms with E-state index in [4.69, 9.17) is 0 Å². The Hall–Kier alpha value is -0.120. The van der Waals surface area contributed by atoms with Gasteiger partial charge in [-0.2, -0.15) is 0 Å². The standard InChI is InChI=1S/C9H11FI/c1-3-11-9-5-4-8(10)6-7(9)2/h4-6H,3H2,1-2H3/q-1. The third kappa shape index (κ3) is 2.43. The molecule has 0 aliphatic heterocycles. The molecule has 0 radical (unpaired) electrons. The molecule has 0 N–H and O–H groups in total. The van der Waals surface area contributed by atoms with Gasteiger partial charge in [0.25, 0.3) is 0 Å². The normalized spacial score (nSPS) is 10.5. The number of halogens is 2. The van der Waals surface area contributed by atoms with Gasteiger partial charge in [-0.25, -0.2) is 0 Å². The number of benzene rings is 1. The van der Waals surface area contributed by atoms with Crippen molar-refractivity contribution in [2.75, 3.05) is 4.43 Å². The van der Waals surface area contributed by atoms with Crippen molar-refractivity contribution in [3.63, 3.8) is 0 Å². The summed E-state index contributed by atoms with van der Waals surface area (Å²) in [7, 11) is 0. The van der Waals surface area contributed by atoms with Crippen LogP contribution in [-0.4, -0.2) is 4.43 Å². The molecule has 0 saturated carbocycles. The Morgan fingerprint density at radius 2 is 2.18 bits per heavy atom. The van der Waals surface area contributed by atoms with Gasteiger partial charge in [0.15, 0.2) is 0 Å². The molecule has 0 nitrogen and oxygen atoms in total. The number of aryl methyl sites for hydroxylation is 1. The molecule has 0 spiro atoms. The summed E-state index contributed by atoms with van der Waals surface area (Å²) in [5, 5.41) is 0. The van der Waals surface area contributed by atoms with Gasteiger partial charge in [-0.1, -0.05) is 0 Å². The summed E-state index contributed by atoms with van der Waals surface area (Å²) < 4.78 is 15.2. The minimum atomic E-state index is -0.119. The van der Waals surface area contributed by atoms with Crippen molar-refractivity contribution in [1.29, 1.82) is 0 Å². The predicted octanol–water partition coefficient (Wildman–Crippen LogP) is -0.587. The average molecular weight is 265 g/mol. The predicted molar refractivity (Wildman–Crippen MR) is 40.4 cm³/mol. The first-order valence-corrected chi connectivity index (χ1v) is 6.19. The summed E-state index contributed by atoms with van der Waals surface area (Å²) in [6.45, 7) is 4.16. The van der Waals surface area contributed by atoms with Crippen LogP contribution in [0.25, 0.3) is 0 Å². The second-order valence-electron chi connectivity index (χ2n) is 2.29. The Morgan fingerprint density at radius 3 is 2.73 bits per heavy atom. The molecule has 0 amide bonds. The SMILES string of the molecule is CC[I-]c1ccc(F)cc1C. The zero-order valence-electron chi connectivity index (χ0n) is 6.70. The van der Waals surface area contributed by atoms with E-state index in [0.29, 0.717) is 0 Å². The maximum atomic E-state index is 12.6. The molecule has 62 valence electrons. The maximum absolute atomic E-state index is 12.6. The molecule has 0 atom stereocenters. The van der Waals surface area contributed by atoms with Gasteiger partial charge in [-0.05, 0) is 0 Å². The van der Waals surface area contributed by atoms with Gasteiger partial charge in [0.1, 0.15) is 0 Å². The van der Waals surface area contributed by atoms with E-state index in [1.165, 1.54) is 8.00 Å². The number of hydrogen-bond donors (Lipinski definition) is 0. The van der Waals surface area contributed by atoms with E-state index in [2.05, 4.69) is 6.92 Å². The van der Waals surface area contributed by atoms with Crippen LogP contribution >= 0.6 is 0 Å². The van der Waals surface area contributed by atoms with Crippen molar-refractivity contribution in [2.24, 2.45) is 0 Å². The van der Waals surface area contributed by atoms with Crippen molar-refractivity contribution >= 4 is 0 Å². The Bertz CT molecular complexity index is 245. The van der Waals surface area contributed by atoms with Gasteiger partial charge < -0.3 is 0 Å². The van der Waals surface area contributed by atoms with Gasteiger partial charge in [0.05, 0.1) is 0 Å². The molecule has 0 aliphatic carbocycles. The van der Waals surface area contributed by atoms with Crippen LogP contribution in [-0.2, 0) is 0 Å². The fourth-order valence-electron chi connectivity index (χ4n) is 0.902. The molecular weight excluding hydrogens is 254 g/mol. The Morgan fingerprint density at radius 1 is 1.45 bits per heavy atom. The molecule has 1 rings (SSSR count). The number of alkyl halides is 1. The molecular formula is C9H11FI-. The van der Waals surface area contributed by atoms with Crippen LogP contribution in [0, 0.1) is 16.3 Å². The van der Waals surface area contributed by atoms with Crippen molar-refractivity contribution in [3.05, 3.63) is 33.1 Å². The average Bonchev–Trinajstić information content (AvgIpc) is 1.95. The van der Waals surface area contributed by atoms with E-state index in [1.54, 1.807) is 12.1 Å². The molecule has 0 fully saturated rings. The zero-order chi connectivity index (χ0) is 8.27. The van der Waals surface area contributed by atoms with E-state index in [-0.39, 0.29) is 27.0 Å². The Labute approximate surface area is 77.1 Å². The summed E-state index contributed by atoms with van der Waals surface area (Å²) in [6.07, 6.45) is 0. The van der Waals surface area contributed by atoms with Crippen molar-refractivity contribution in [1.82, 2.24) is 0 Å². The molecule has 1 aromatic carbocycles. The van der Waals surface area contributed by atoms with E-state index < -0.39 is 0 Å². The van der Waals surface area contributed by atoms with Crippen LogP contribution < -0.4 is 21.2 Å². The molecule has 0 saturated heterocycles. The van der Waals surface area contributed by atoms with Crippen LogP contribution in [0.15, 0.2) is 18.2 Å². The second-order valence-corrected chi connectivity index (χ2v) is 5.74. The molecule has 11 heavy (non-hydrogen) atoms. The number of rotatable bonds is 2. The van der Waals surface area contributed by atoms with E-state index in [0.717, 1.165) is 5.56 Å². The molecule has 0 unspecified atom stereocenters. The Balaban J connectivity index is 2.90. The fourth-order valence-corrected chi connectivity index (χ4v) is 2.92. The van der Waals surface area contributed by atoms with Crippen molar-refractivity contribution < 1.29 is 25.6 Å². The van der Waals surface area contributed by atoms with Crippen molar-refractivity contribution in [2.45, 2.75) is 13.8 Å². The first-order valence-electron chi connectivity index (χ1n) is 3.59. The van der Waals surface area contributed by atoms with Crippen LogP contribution in [0.3, 0.4) is 0 Å². The first-order chi connectivity index (χ1) is 5.24. The van der Waals surface area contributed by atoms with Crippen LogP contribution in [0.5, 0.6) is 0 Å². The van der Waals surface area contributed by atoms with Gasteiger partial charge in [0, 0.05) is 0 Å². The quantitative estimate of drug-likeness (QED) is 0.495. The van der Waals surface area contributed by atoms with Gasteiger partial charge in [-0.15, -0.1) is 0 Å². The molecule has 0 bridgehead atoms. The van der Waals surface area contributed by atoms with E-state index in [1.807, 2.05) is 13.0 Å². The fraction of sp³-hybridized carbons (Fsp3) is 0.333. The third-order valence-electron chi connectivity index (χ3n) is 1.40. The van der Waals surface area contributed by atoms with Crippen LogP contribution in [0.2, 0.25) is 0 Å². The van der Waals surface area contributed by atoms with E-state index >= 15 is 0 Å².